The number of rotatable bonds is 8. The van der Waals surface area contributed by atoms with Crippen LogP contribution < -0.4 is 10.0 Å². The largest absolute Gasteiger partial charge is 0.456 e. The summed E-state index contributed by atoms with van der Waals surface area (Å²) in [5.74, 6) is -1.17. The van der Waals surface area contributed by atoms with Gasteiger partial charge in [-0.15, -0.1) is 0 Å². The number of Topliss-reactive ketones (excluding diaryl/α,β-unsaturated/α-hetero) is 1. The number of esters is 1. The van der Waals surface area contributed by atoms with Gasteiger partial charge in [0.05, 0.1) is 4.90 Å². The maximum Gasteiger partial charge on any atom is 0.328 e. The molecule has 1 heterocycles. The van der Waals surface area contributed by atoms with Crippen LogP contribution in [0.25, 0.3) is 0 Å². The van der Waals surface area contributed by atoms with Gasteiger partial charge >= 0.3 is 5.97 Å². The van der Waals surface area contributed by atoms with E-state index in [4.69, 9.17) is 4.74 Å². The molecule has 0 bridgehead atoms. The first-order chi connectivity index (χ1) is 14.8. The molecule has 0 saturated carbocycles. The summed E-state index contributed by atoms with van der Waals surface area (Å²) in [6.45, 7) is 1.07. The summed E-state index contributed by atoms with van der Waals surface area (Å²) in [6, 6.07) is 13.1. The molecule has 2 aromatic rings. The number of sulfonamides is 1. The Hall–Kier alpha value is -3.53. The first kappa shape index (κ1) is 22.2. The van der Waals surface area contributed by atoms with Gasteiger partial charge in [0.1, 0.15) is 12.4 Å². The zero-order valence-corrected chi connectivity index (χ0v) is 17.6. The number of ether oxygens (including phenoxy) is 1. The second kappa shape index (κ2) is 9.52. The van der Waals surface area contributed by atoms with Gasteiger partial charge in [0.25, 0.3) is 10.0 Å². The molecule has 0 spiro atoms. The van der Waals surface area contributed by atoms with E-state index >= 15 is 0 Å². The third-order valence-corrected chi connectivity index (χ3v) is 5.85. The van der Waals surface area contributed by atoms with Crippen LogP contribution in [0.15, 0.2) is 58.4 Å². The van der Waals surface area contributed by atoms with E-state index in [9.17, 15) is 22.8 Å². The topological polar surface area (TPSA) is 131 Å². The molecule has 2 N–H and O–H groups in total. The van der Waals surface area contributed by atoms with Gasteiger partial charge in [0, 0.05) is 24.6 Å². The lowest BCUT2D eigenvalue weighted by atomic mass is 10.1. The minimum atomic E-state index is -3.69. The van der Waals surface area contributed by atoms with Crippen molar-refractivity contribution in [2.24, 2.45) is 4.99 Å². The number of amides is 1. The van der Waals surface area contributed by atoms with Crippen LogP contribution in [0.3, 0.4) is 0 Å². The summed E-state index contributed by atoms with van der Waals surface area (Å²) in [4.78, 5) is 39.1. The lowest BCUT2D eigenvalue weighted by Gasteiger charge is -2.06. The predicted octanol–water partition coefficient (Wildman–Crippen LogP) is 0.830. The van der Waals surface area contributed by atoms with Gasteiger partial charge < -0.3 is 10.1 Å². The van der Waals surface area contributed by atoms with E-state index in [2.05, 4.69) is 15.0 Å². The Balaban J connectivity index is 1.50. The Bertz CT molecular complexity index is 1140. The van der Waals surface area contributed by atoms with Crippen molar-refractivity contribution in [3.63, 3.8) is 0 Å². The molecule has 10 heteroatoms. The van der Waals surface area contributed by atoms with Crippen molar-refractivity contribution >= 4 is 33.5 Å². The molecule has 3 rings (SSSR count). The van der Waals surface area contributed by atoms with E-state index in [1.165, 1.54) is 13.0 Å². The van der Waals surface area contributed by atoms with Crippen molar-refractivity contribution in [1.29, 1.82) is 0 Å². The molecular formula is C21H21N3O6S. The number of hydrogen-bond acceptors (Lipinski definition) is 7. The van der Waals surface area contributed by atoms with Gasteiger partial charge in [0.15, 0.2) is 12.4 Å². The third-order valence-electron chi connectivity index (χ3n) is 4.46. The molecule has 31 heavy (non-hydrogen) atoms. The SMILES string of the molecule is CC(=O)NCCc1ccc(C(=O)COC(=O)CN=C2NS(=O)(=O)c3ccccc32)cc1. The highest BCUT2D eigenvalue weighted by atomic mass is 32.2. The zero-order chi connectivity index (χ0) is 22.4. The van der Waals surface area contributed by atoms with Crippen LogP contribution in [0.4, 0.5) is 0 Å². The number of nitrogens with one attached hydrogen (secondary N) is 2. The first-order valence-corrected chi connectivity index (χ1v) is 10.9. The summed E-state index contributed by atoms with van der Waals surface area (Å²) in [5, 5.41) is 2.69. The Morgan fingerprint density at radius 1 is 1.06 bits per heavy atom. The van der Waals surface area contributed by atoms with Crippen molar-refractivity contribution in [1.82, 2.24) is 10.0 Å². The second-order valence-corrected chi connectivity index (χ2v) is 8.43. The molecule has 0 saturated heterocycles. The number of fused-ring (bicyclic) bond motifs is 1. The number of hydrogen-bond donors (Lipinski definition) is 2. The Kier molecular flexibility index (Phi) is 6.81. The summed E-state index contributed by atoms with van der Waals surface area (Å²) in [7, 11) is -3.69. The number of carbonyl (C=O) groups is 3. The fourth-order valence-corrected chi connectivity index (χ4v) is 4.16. The maximum absolute atomic E-state index is 12.2. The summed E-state index contributed by atoms with van der Waals surface area (Å²) in [5.41, 5.74) is 1.72. The van der Waals surface area contributed by atoms with Gasteiger partial charge in [0.2, 0.25) is 5.91 Å². The van der Waals surface area contributed by atoms with Gasteiger partial charge in [-0.2, -0.15) is 0 Å². The molecule has 9 nitrogen and oxygen atoms in total. The number of nitrogens with zero attached hydrogens (tertiary/aromatic N) is 1. The van der Waals surface area contributed by atoms with Gasteiger partial charge in [-0.25, -0.2) is 8.42 Å². The van der Waals surface area contributed by atoms with Crippen molar-refractivity contribution in [2.75, 3.05) is 19.7 Å². The molecule has 0 fully saturated rings. The van der Waals surface area contributed by atoms with Crippen molar-refractivity contribution in [3.8, 4) is 0 Å². The van der Waals surface area contributed by atoms with Crippen molar-refractivity contribution in [2.45, 2.75) is 18.2 Å². The molecule has 0 atom stereocenters. The highest BCUT2D eigenvalue weighted by Crippen LogP contribution is 2.22. The van der Waals surface area contributed by atoms with Gasteiger partial charge in [-0.05, 0) is 24.1 Å². The minimum Gasteiger partial charge on any atom is -0.456 e. The molecule has 0 unspecified atom stereocenters. The van der Waals surface area contributed by atoms with Crippen LogP contribution in [0.2, 0.25) is 0 Å². The number of carbonyl (C=O) groups excluding carboxylic acids is 3. The van der Waals surface area contributed by atoms with E-state index in [0.717, 1.165) is 5.56 Å². The van der Waals surface area contributed by atoms with Crippen LogP contribution >= 0.6 is 0 Å². The zero-order valence-electron chi connectivity index (χ0n) is 16.8. The average molecular weight is 443 g/mol. The molecule has 1 amide bonds. The molecule has 0 radical (unpaired) electrons. The molecule has 0 aromatic heterocycles. The van der Waals surface area contributed by atoms with Crippen LogP contribution in [-0.2, 0) is 30.8 Å². The van der Waals surface area contributed by atoms with Crippen molar-refractivity contribution < 1.29 is 27.5 Å². The third kappa shape index (κ3) is 5.76. The maximum atomic E-state index is 12.2. The van der Waals surface area contributed by atoms with Crippen LogP contribution in [-0.4, -0.2) is 51.6 Å². The van der Waals surface area contributed by atoms with E-state index in [1.54, 1.807) is 42.5 Å². The molecule has 1 aliphatic heterocycles. The standard InChI is InChI=1S/C21H21N3O6S/c1-14(25)22-11-10-15-6-8-16(9-7-15)18(26)13-30-20(27)12-23-21-17-4-2-3-5-19(17)31(28,29)24-21/h2-9H,10-13H2,1H3,(H,22,25)(H,23,24). The predicted molar refractivity (Wildman–Crippen MR) is 112 cm³/mol. The normalized spacial score (nSPS) is 15.1. The molecule has 162 valence electrons. The second-order valence-electron chi connectivity index (χ2n) is 6.78. The minimum absolute atomic E-state index is 0.0636. The lowest BCUT2D eigenvalue weighted by molar-refractivity contribution is -0.140. The summed E-state index contributed by atoms with van der Waals surface area (Å²) >= 11 is 0. The molecule has 0 aliphatic carbocycles. The van der Waals surface area contributed by atoms with E-state index in [1.807, 2.05) is 0 Å². The Morgan fingerprint density at radius 3 is 2.48 bits per heavy atom. The number of benzene rings is 2. The van der Waals surface area contributed by atoms with Crippen molar-refractivity contribution in [3.05, 3.63) is 65.2 Å². The van der Waals surface area contributed by atoms with Crippen LogP contribution in [0.1, 0.15) is 28.4 Å². The Labute approximate surface area is 179 Å². The van der Waals surface area contributed by atoms with E-state index in [0.29, 0.717) is 24.1 Å². The molecule has 2 aromatic carbocycles. The lowest BCUT2D eigenvalue weighted by Crippen LogP contribution is -2.24. The highest BCUT2D eigenvalue weighted by molar-refractivity contribution is 7.90. The van der Waals surface area contributed by atoms with Gasteiger partial charge in [-0.3, -0.25) is 24.1 Å². The number of ketones is 1. The fourth-order valence-electron chi connectivity index (χ4n) is 2.91. The molecule has 1 aliphatic rings. The summed E-state index contributed by atoms with van der Waals surface area (Å²) in [6.07, 6.45) is 0.635. The fraction of sp³-hybridized carbons (Fsp3) is 0.238. The quantitative estimate of drug-likeness (QED) is 0.459. The summed E-state index contributed by atoms with van der Waals surface area (Å²) < 4.78 is 31.3. The number of amidine groups is 1. The average Bonchev–Trinajstić information content (AvgIpc) is 3.01. The monoisotopic (exact) mass is 443 g/mol. The Morgan fingerprint density at radius 2 is 1.77 bits per heavy atom. The first-order valence-electron chi connectivity index (χ1n) is 9.45. The number of aliphatic imine (C=N–C) groups is 1. The van der Waals surface area contributed by atoms with Crippen LogP contribution in [0, 0.1) is 0 Å². The smallest absolute Gasteiger partial charge is 0.328 e. The molecular weight excluding hydrogens is 422 g/mol. The van der Waals surface area contributed by atoms with Crippen LogP contribution in [0.5, 0.6) is 0 Å². The highest BCUT2D eigenvalue weighted by Gasteiger charge is 2.30. The van der Waals surface area contributed by atoms with Gasteiger partial charge in [-0.1, -0.05) is 36.4 Å². The van der Waals surface area contributed by atoms with E-state index in [-0.39, 0.29) is 22.4 Å². The van der Waals surface area contributed by atoms with E-state index < -0.39 is 29.1 Å².